The Labute approximate surface area is 137 Å². The average molecular weight is 397 g/mol. The van der Waals surface area contributed by atoms with Crippen molar-refractivity contribution in [2.75, 3.05) is 0 Å². The lowest BCUT2D eigenvalue weighted by Gasteiger charge is -2.15. The van der Waals surface area contributed by atoms with Gasteiger partial charge in [0.1, 0.15) is 0 Å². The summed E-state index contributed by atoms with van der Waals surface area (Å²) in [6.45, 7) is 4.46. The first kappa shape index (κ1) is 15.7. The molecule has 1 nitrogen and oxygen atoms in total. The van der Waals surface area contributed by atoms with Crippen molar-refractivity contribution in [3.8, 4) is 0 Å². The van der Waals surface area contributed by atoms with Crippen molar-refractivity contribution in [3.63, 3.8) is 0 Å². The van der Waals surface area contributed by atoms with Gasteiger partial charge in [0.2, 0.25) is 0 Å². The minimum atomic E-state index is -0.102. The van der Waals surface area contributed by atoms with Gasteiger partial charge in [0.05, 0.1) is 6.04 Å². The van der Waals surface area contributed by atoms with Crippen molar-refractivity contribution in [2.24, 2.45) is 5.73 Å². The molecule has 0 radical (unpaired) electrons. The van der Waals surface area contributed by atoms with E-state index < -0.39 is 0 Å². The maximum absolute atomic E-state index is 6.37. The third kappa shape index (κ3) is 3.72. The summed E-state index contributed by atoms with van der Waals surface area (Å²) in [6.07, 6.45) is 1.16. The zero-order valence-electron chi connectivity index (χ0n) is 11.7. The van der Waals surface area contributed by atoms with Gasteiger partial charge in [-0.1, -0.05) is 70.0 Å². The fourth-order valence-electron chi connectivity index (χ4n) is 2.21. The van der Waals surface area contributed by atoms with Crippen LogP contribution in [0.25, 0.3) is 0 Å². The van der Waals surface area contributed by atoms with Crippen LogP contribution in [0.15, 0.2) is 51.4 Å². The summed E-state index contributed by atoms with van der Waals surface area (Å²) < 4.78 is 2.07. The van der Waals surface area contributed by atoms with Crippen molar-refractivity contribution in [2.45, 2.75) is 32.2 Å². The molecule has 2 unspecified atom stereocenters. The topological polar surface area (TPSA) is 26.0 Å². The molecule has 2 aromatic carbocycles. The Hall–Kier alpha value is -0.640. The van der Waals surface area contributed by atoms with E-state index in [1.165, 1.54) is 5.56 Å². The smallest absolute Gasteiger partial charge is 0.0552 e. The van der Waals surface area contributed by atoms with Crippen LogP contribution < -0.4 is 5.73 Å². The Morgan fingerprint density at radius 2 is 1.40 bits per heavy atom. The van der Waals surface area contributed by atoms with E-state index in [1.807, 2.05) is 6.07 Å². The van der Waals surface area contributed by atoms with Gasteiger partial charge in [0.25, 0.3) is 0 Å². The first-order valence-corrected chi connectivity index (χ1v) is 8.41. The predicted molar refractivity (Wildman–Crippen MR) is 93.0 cm³/mol. The summed E-state index contributed by atoms with van der Waals surface area (Å²) in [6, 6.07) is 14.7. The SMILES string of the molecule is CCC(C)c1ccc(C(N)c2cc(Br)cc(Br)c2)cc1. The first-order chi connectivity index (χ1) is 9.51. The molecule has 2 N–H and O–H groups in total. The van der Waals surface area contributed by atoms with E-state index in [4.69, 9.17) is 5.73 Å². The Kier molecular flexibility index (Phi) is 5.42. The molecule has 0 bridgehead atoms. The standard InChI is InChI=1S/C17H19Br2N/c1-3-11(2)12-4-6-13(7-5-12)17(20)14-8-15(18)10-16(19)9-14/h4-11,17H,3,20H2,1-2H3. The maximum atomic E-state index is 6.37. The van der Waals surface area contributed by atoms with Gasteiger partial charge in [-0.15, -0.1) is 0 Å². The van der Waals surface area contributed by atoms with Gasteiger partial charge in [-0.3, -0.25) is 0 Å². The number of hydrogen-bond donors (Lipinski definition) is 1. The van der Waals surface area contributed by atoms with E-state index in [1.54, 1.807) is 0 Å². The number of nitrogens with two attached hydrogens (primary N) is 1. The van der Waals surface area contributed by atoms with E-state index in [2.05, 4.69) is 82.1 Å². The highest BCUT2D eigenvalue weighted by Gasteiger charge is 2.11. The van der Waals surface area contributed by atoms with Gasteiger partial charge in [0.15, 0.2) is 0 Å². The van der Waals surface area contributed by atoms with Crippen molar-refractivity contribution >= 4 is 31.9 Å². The molecule has 0 aromatic heterocycles. The Morgan fingerprint density at radius 3 is 1.90 bits per heavy atom. The molecule has 106 valence electrons. The molecule has 0 spiro atoms. The molecule has 2 rings (SSSR count). The molecule has 0 aliphatic carbocycles. The van der Waals surface area contributed by atoms with Crippen LogP contribution in [0, 0.1) is 0 Å². The van der Waals surface area contributed by atoms with E-state index in [0.29, 0.717) is 5.92 Å². The summed E-state index contributed by atoms with van der Waals surface area (Å²) in [5.74, 6) is 0.597. The second-order valence-electron chi connectivity index (χ2n) is 5.16. The summed E-state index contributed by atoms with van der Waals surface area (Å²) in [5.41, 5.74) is 9.99. The molecule has 0 saturated heterocycles. The molecular formula is C17H19Br2N. The maximum Gasteiger partial charge on any atom is 0.0552 e. The third-order valence-electron chi connectivity index (χ3n) is 3.72. The van der Waals surface area contributed by atoms with Crippen LogP contribution in [0.5, 0.6) is 0 Å². The van der Waals surface area contributed by atoms with Gasteiger partial charge in [-0.05, 0) is 47.2 Å². The molecular weight excluding hydrogens is 378 g/mol. The highest BCUT2D eigenvalue weighted by molar-refractivity contribution is 9.11. The summed E-state index contributed by atoms with van der Waals surface area (Å²) >= 11 is 7.02. The van der Waals surface area contributed by atoms with Gasteiger partial charge >= 0.3 is 0 Å². The van der Waals surface area contributed by atoms with Gasteiger partial charge in [-0.25, -0.2) is 0 Å². The van der Waals surface area contributed by atoms with Crippen molar-refractivity contribution < 1.29 is 0 Å². The number of rotatable bonds is 4. The Morgan fingerprint density at radius 1 is 0.900 bits per heavy atom. The second kappa shape index (κ2) is 6.88. The number of halogens is 2. The molecule has 20 heavy (non-hydrogen) atoms. The van der Waals surface area contributed by atoms with Crippen LogP contribution in [-0.4, -0.2) is 0 Å². The fraction of sp³-hybridized carbons (Fsp3) is 0.294. The zero-order valence-corrected chi connectivity index (χ0v) is 14.9. The van der Waals surface area contributed by atoms with Crippen molar-refractivity contribution in [1.82, 2.24) is 0 Å². The van der Waals surface area contributed by atoms with E-state index >= 15 is 0 Å². The lowest BCUT2D eigenvalue weighted by Crippen LogP contribution is -2.12. The van der Waals surface area contributed by atoms with Gasteiger partial charge in [0, 0.05) is 8.95 Å². The molecule has 0 saturated carbocycles. The summed E-state index contributed by atoms with van der Waals surface area (Å²) in [4.78, 5) is 0. The van der Waals surface area contributed by atoms with E-state index in [9.17, 15) is 0 Å². The molecule has 0 aliphatic heterocycles. The van der Waals surface area contributed by atoms with E-state index in [0.717, 1.165) is 26.5 Å². The third-order valence-corrected chi connectivity index (χ3v) is 4.64. The molecule has 2 aromatic rings. The Bertz CT molecular complexity index is 558. The first-order valence-electron chi connectivity index (χ1n) is 6.82. The quantitative estimate of drug-likeness (QED) is 0.696. The molecule has 3 heteroatoms. The number of benzene rings is 2. The van der Waals surface area contributed by atoms with Crippen LogP contribution in [0.1, 0.15) is 48.9 Å². The number of hydrogen-bond acceptors (Lipinski definition) is 1. The van der Waals surface area contributed by atoms with Gasteiger partial charge < -0.3 is 5.73 Å². The van der Waals surface area contributed by atoms with Crippen LogP contribution >= 0.6 is 31.9 Å². The van der Waals surface area contributed by atoms with Crippen LogP contribution in [0.4, 0.5) is 0 Å². The molecule has 0 aliphatic rings. The van der Waals surface area contributed by atoms with Crippen LogP contribution in [-0.2, 0) is 0 Å². The van der Waals surface area contributed by atoms with Crippen molar-refractivity contribution in [1.29, 1.82) is 0 Å². The second-order valence-corrected chi connectivity index (χ2v) is 6.99. The van der Waals surface area contributed by atoms with Crippen LogP contribution in [0.2, 0.25) is 0 Å². The van der Waals surface area contributed by atoms with Crippen LogP contribution in [0.3, 0.4) is 0 Å². The lowest BCUT2D eigenvalue weighted by atomic mass is 9.94. The van der Waals surface area contributed by atoms with Gasteiger partial charge in [-0.2, -0.15) is 0 Å². The minimum absolute atomic E-state index is 0.102. The van der Waals surface area contributed by atoms with Crippen molar-refractivity contribution in [3.05, 3.63) is 68.1 Å². The molecule has 0 amide bonds. The predicted octanol–water partition coefficient (Wildman–Crippen LogP) is 5.77. The summed E-state index contributed by atoms with van der Waals surface area (Å²) in [7, 11) is 0. The molecule has 2 atom stereocenters. The fourth-order valence-corrected chi connectivity index (χ4v) is 3.54. The molecule has 0 heterocycles. The molecule has 0 fully saturated rings. The highest BCUT2D eigenvalue weighted by atomic mass is 79.9. The normalized spacial score (nSPS) is 14.1. The monoisotopic (exact) mass is 395 g/mol. The largest absolute Gasteiger partial charge is 0.320 e. The Balaban J connectivity index is 2.26. The van der Waals surface area contributed by atoms with E-state index in [-0.39, 0.29) is 6.04 Å². The lowest BCUT2D eigenvalue weighted by molar-refractivity contribution is 0.732. The average Bonchev–Trinajstić information content (AvgIpc) is 2.45. The minimum Gasteiger partial charge on any atom is -0.320 e. The highest BCUT2D eigenvalue weighted by Crippen LogP contribution is 2.28. The summed E-state index contributed by atoms with van der Waals surface area (Å²) in [5, 5.41) is 0. The zero-order chi connectivity index (χ0) is 14.7.